The second-order valence-corrected chi connectivity index (χ2v) is 5.71. The highest BCUT2D eigenvalue weighted by atomic mass is 19.1. The third-order valence-corrected chi connectivity index (χ3v) is 4.18. The van der Waals surface area contributed by atoms with Crippen molar-refractivity contribution in [3.8, 4) is 0 Å². The Kier molecular flexibility index (Phi) is 5.31. The molecule has 1 fully saturated rings. The molecule has 2 atom stereocenters. The lowest BCUT2D eigenvalue weighted by Crippen LogP contribution is -2.44. The fourth-order valence-electron chi connectivity index (χ4n) is 2.86. The molecule has 4 nitrogen and oxygen atoms in total. The van der Waals surface area contributed by atoms with Gasteiger partial charge in [0.2, 0.25) is 5.91 Å². The van der Waals surface area contributed by atoms with Gasteiger partial charge in [-0.1, -0.05) is 19.1 Å². The number of nitrogens with two attached hydrogens (primary N) is 1. The van der Waals surface area contributed by atoms with E-state index in [0.717, 1.165) is 31.5 Å². The SMILES string of the molecule is CCC(N)C(c1ccc(F)cc1)N1CCCN(C)C(=O)C1. The molecule has 0 aromatic heterocycles. The van der Waals surface area contributed by atoms with E-state index in [0.29, 0.717) is 6.54 Å². The number of rotatable bonds is 4. The minimum Gasteiger partial charge on any atom is -0.345 e. The normalized spacial score (nSPS) is 20.2. The minimum absolute atomic E-state index is 0.0500. The highest BCUT2D eigenvalue weighted by Crippen LogP contribution is 2.26. The molecule has 21 heavy (non-hydrogen) atoms. The summed E-state index contributed by atoms with van der Waals surface area (Å²) in [4.78, 5) is 16.0. The van der Waals surface area contributed by atoms with Crippen molar-refractivity contribution in [2.45, 2.75) is 31.8 Å². The third-order valence-electron chi connectivity index (χ3n) is 4.18. The van der Waals surface area contributed by atoms with Gasteiger partial charge in [0.05, 0.1) is 12.6 Å². The largest absolute Gasteiger partial charge is 0.345 e. The maximum atomic E-state index is 13.1. The zero-order valence-electron chi connectivity index (χ0n) is 12.8. The van der Waals surface area contributed by atoms with Crippen LogP contribution in [0, 0.1) is 5.82 Å². The van der Waals surface area contributed by atoms with Crippen molar-refractivity contribution in [3.05, 3.63) is 35.6 Å². The van der Waals surface area contributed by atoms with Gasteiger partial charge in [0, 0.05) is 26.2 Å². The molecule has 1 aromatic rings. The summed E-state index contributed by atoms with van der Waals surface area (Å²) in [6.45, 7) is 4.00. The fraction of sp³-hybridized carbons (Fsp3) is 0.562. The molecular formula is C16H24FN3O. The number of halogens is 1. The van der Waals surface area contributed by atoms with Crippen molar-refractivity contribution in [1.29, 1.82) is 0 Å². The number of nitrogens with zero attached hydrogens (tertiary/aromatic N) is 2. The van der Waals surface area contributed by atoms with Crippen LogP contribution in [0.3, 0.4) is 0 Å². The van der Waals surface area contributed by atoms with Gasteiger partial charge in [-0.25, -0.2) is 4.39 Å². The molecule has 1 saturated heterocycles. The Labute approximate surface area is 125 Å². The molecule has 0 radical (unpaired) electrons. The molecule has 1 aromatic carbocycles. The maximum absolute atomic E-state index is 13.1. The quantitative estimate of drug-likeness (QED) is 0.920. The molecule has 2 N–H and O–H groups in total. The molecule has 0 aliphatic carbocycles. The average molecular weight is 293 g/mol. The Morgan fingerprint density at radius 1 is 1.29 bits per heavy atom. The molecule has 0 spiro atoms. The van der Waals surface area contributed by atoms with Gasteiger partial charge in [0.15, 0.2) is 0 Å². The van der Waals surface area contributed by atoms with Gasteiger partial charge in [-0.05, 0) is 30.5 Å². The van der Waals surface area contributed by atoms with Crippen LogP contribution in [0.2, 0.25) is 0 Å². The fourth-order valence-corrected chi connectivity index (χ4v) is 2.86. The summed E-state index contributed by atoms with van der Waals surface area (Å²) in [6.07, 6.45) is 1.74. The number of hydrogen-bond acceptors (Lipinski definition) is 3. The van der Waals surface area contributed by atoms with Crippen LogP contribution in [0.15, 0.2) is 24.3 Å². The van der Waals surface area contributed by atoms with Crippen LogP contribution in [-0.2, 0) is 4.79 Å². The summed E-state index contributed by atoms with van der Waals surface area (Å²) in [5.41, 5.74) is 7.26. The Morgan fingerprint density at radius 3 is 2.57 bits per heavy atom. The van der Waals surface area contributed by atoms with Crippen molar-refractivity contribution in [2.75, 3.05) is 26.7 Å². The van der Waals surface area contributed by atoms with E-state index >= 15 is 0 Å². The van der Waals surface area contributed by atoms with Crippen LogP contribution in [0.25, 0.3) is 0 Å². The number of carbonyl (C=O) groups excluding carboxylic acids is 1. The lowest BCUT2D eigenvalue weighted by molar-refractivity contribution is -0.130. The van der Waals surface area contributed by atoms with Gasteiger partial charge in [-0.15, -0.1) is 0 Å². The van der Waals surface area contributed by atoms with E-state index in [1.807, 2.05) is 14.0 Å². The van der Waals surface area contributed by atoms with Crippen LogP contribution in [0.1, 0.15) is 31.4 Å². The number of amides is 1. The van der Waals surface area contributed by atoms with Crippen molar-refractivity contribution in [3.63, 3.8) is 0 Å². The predicted molar refractivity (Wildman–Crippen MR) is 81.2 cm³/mol. The highest BCUT2D eigenvalue weighted by molar-refractivity contribution is 5.78. The summed E-state index contributed by atoms with van der Waals surface area (Å²) < 4.78 is 13.1. The molecule has 1 heterocycles. The number of hydrogen-bond donors (Lipinski definition) is 1. The monoisotopic (exact) mass is 293 g/mol. The van der Waals surface area contributed by atoms with E-state index in [1.54, 1.807) is 17.0 Å². The summed E-state index contributed by atoms with van der Waals surface area (Å²) in [5.74, 6) is -0.142. The maximum Gasteiger partial charge on any atom is 0.236 e. The van der Waals surface area contributed by atoms with Gasteiger partial charge in [-0.2, -0.15) is 0 Å². The molecular weight excluding hydrogens is 269 g/mol. The van der Waals surface area contributed by atoms with Crippen molar-refractivity contribution >= 4 is 5.91 Å². The van der Waals surface area contributed by atoms with Gasteiger partial charge in [0.1, 0.15) is 5.82 Å². The second kappa shape index (κ2) is 7.00. The zero-order chi connectivity index (χ0) is 15.4. The van der Waals surface area contributed by atoms with E-state index in [1.165, 1.54) is 12.1 Å². The summed E-state index contributed by atoms with van der Waals surface area (Å²) in [5, 5.41) is 0. The van der Waals surface area contributed by atoms with Gasteiger partial charge in [0.25, 0.3) is 0 Å². The van der Waals surface area contributed by atoms with E-state index in [9.17, 15) is 9.18 Å². The van der Waals surface area contributed by atoms with Crippen LogP contribution < -0.4 is 5.73 Å². The second-order valence-electron chi connectivity index (χ2n) is 5.71. The molecule has 116 valence electrons. The average Bonchev–Trinajstić information content (AvgIpc) is 2.63. The van der Waals surface area contributed by atoms with Gasteiger partial charge in [-0.3, -0.25) is 9.69 Å². The van der Waals surface area contributed by atoms with Crippen molar-refractivity contribution in [1.82, 2.24) is 9.80 Å². The topological polar surface area (TPSA) is 49.6 Å². The summed E-state index contributed by atoms with van der Waals surface area (Å²) >= 11 is 0. The molecule has 1 aliphatic rings. The molecule has 1 aliphatic heterocycles. The predicted octanol–water partition coefficient (Wildman–Crippen LogP) is 1.77. The summed E-state index contributed by atoms with van der Waals surface area (Å²) in [6, 6.07) is 6.33. The minimum atomic E-state index is -0.255. The lowest BCUT2D eigenvalue weighted by Gasteiger charge is -2.34. The molecule has 0 bridgehead atoms. The Hall–Kier alpha value is -1.46. The first-order valence-electron chi connectivity index (χ1n) is 7.52. The van der Waals surface area contributed by atoms with E-state index in [2.05, 4.69) is 4.90 Å². The summed E-state index contributed by atoms with van der Waals surface area (Å²) in [7, 11) is 1.83. The van der Waals surface area contributed by atoms with E-state index in [-0.39, 0.29) is 23.8 Å². The smallest absolute Gasteiger partial charge is 0.236 e. The highest BCUT2D eigenvalue weighted by Gasteiger charge is 2.29. The van der Waals surface area contributed by atoms with Crippen LogP contribution in [0.4, 0.5) is 4.39 Å². The first-order valence-corrected chi connectivity index (χ1v) is 7.52. The van der Waals surface area contributed by atoms with Crippen LogP contribution in [0.5, 0.6) is 0 Å². The molecule has 5 heteroatoms. The Bertz CT molecular complexity index is 477. The van der Waals surface area contributed by atoms with Gasteiger partial charge >= 0.3 is 0 Å². The molecule has 1 amide bonds. The number of likely N-dealkylation sites (N-methyl/N-ethyl adjacent to an activating group) is 1. The molecule has 2 unspecified atom stereocenters. The van der Waals surface area contributed by atoms with Crippen LogP contribution >= 0.6 is 0 Å². The Balaban J connectivity index is 2.27. The molecule has 2 rings (SSSR count). The first kappa shape index (κ1) is 15.9. The standard InChI is InChI=1S/C16H24FN3O/c1-3-14(18)16(12-5-7-13(17)8-6-12)20-10-4-9-19(2)15(21)11-20/h5-8,14,16H,3-4,9-11,18H2,1-2H3. The lowest BCUT2D eigenvalue weighted by atomic mass is 9.96. The third kappa shape index (κ3) is 3.80. The Morgan fingerprint density at radius 2 is 1.95 bits per heavy atom. The van der Waals surface area contributed by atoms with E-state index in [4.69, 9.17) is 5.73 Å². The van der Waals surface area contributed by atoms with Gasteiger partial charge < -0.3 is 10.6 Å². The number of benzene rings is 1. The zero-order valence-corrected chi connectivity index (χ0v) is 12.8. The van der Waals surface area contributed by atoms with Crippen molar-refractivity contribution in [2.24, 2.45) is 5.73 Å². The van der Waals surface area contributed by atoms with E-state index < -0.39 is 0 Å². The van der Waals surface area contributed by atoms with Crippen molar-refractivity contribution < 1.29 is 9.18 Å². The first-order chi connectivity index (χ1) is 10.0. The number of carbonyl (C=O) groups is 1. The molecule has 0 saturated carbocycles. The van der Waals surface area contributed by atoms with Crippen LogP contribution in [-0.4, -0.2) is 48.4 Å².